The Kier molecular flexibility index (Phi) is 9.15. The molecule has 1 heterocycles. The number of hydrogen-bond acceptors (Lipinski definition) is 4. The minimum absolute atomic E-state index is 0.563. The van der Waals surface area contributed by atoms with E-state index in [4.69, 9.17) is 4.74 Å². The van der Waals surface area contributed by atoms with Crippen LogP contribution in [0.4, 0.5) is 0 Å². The summed E-state index contributed by atoms with van der Waals surface area (Å²) < 4.78 is 6.02. The first kappa shape index (κ1) is 24.7. The highest BCUT2D eigenvalue weighted by atomic mass is 28.3. The van der Waals surface area contributed by atoms with Crippen molar-refractivity contribution >= 4 is 14.4 Å². The number of benzene rings is 1. The summed E-state index contributed by atoms with van der Waals surface area (Å²) in [5.41, 5.74) is 6.85. The summed E-state index contributed by atoms with van der Waals surface area (Å²) in [6.45, 7) is 19.8. The van der Waals surface area contributed by atoms with E-state index in [2.05, 4.69) is 69.9 Å². The molecule has 4 nitrogen and oxygen atoms in total. The summed E-state index contributed by atoms with van der Waals surface area (Å²) in [5, 5.41) is 0. The minimum atomic E-state index is -1.85. The van der Waals surface area contributed by atoms with Crippen LogP contribution in [0.1, 0.15) is 57.5 Å². The van der Waals surface area contributed by atoms with Crippen molar-refractivity contribution in [2.75, 3.05) is 46.4 Å². The largest absolute Gasteiger partial charge is 0.492 e. The molecule has 0 unspecified atom stereocenters. The van der Waals surface area contributed by atoms with E-state index >= 15 is 0 Å². The molecule has 2 rings (SSSR count). The quantitative estimate of drug-likeness (QED) is 0.341. The molecule has 0 saturated carbocycles. The van der Waals surface area contributed by atoms with Crippen molar-refractivity contribution in [2.24, 2.45) is 0 Å². The van der Waals surface area contributed by atoms with E-state index in [1.807, 2.05) is 18.2 Å². The number of hydrogen-bond donors (Lipinski definition) is 0. The van der Waals surface area contributed by atoms with Crippen molar-refractivity contribution in [1.29, 1.82) is 0 Å². The first-order chi connectivity index (χ1) is 14.2. The monoisotopic (exact) mass is 428 g/mol. The Hall–Kier alpha value is -1.61. The molecule has 1 aromatic carbocycles. The zero-order valence-corrected chi connectivity index (χ0v) is 21.0. The van der Waals surface area contributed by atoms with Gasteiger partial charge in [0.15, 0.2) is 6.29 Å². The van der Waals surface area contributed by atoms with Gasteiger partial charge in [-0.3, -0.25) is 9.69 Å². The molecular weight excluding hydrogens is 388 g/mol. The van der Waals surface area contributed by atoms with E-state index in [9.17, 15) is 4.79 Å². The van der Waals surface area contributed by atoms with Gasteiger partial charge in [0, 0.05) is 43.9 Å². The highest BCUT2D eigenvalue weighted by molar-refractivity contribution is 6.90. The van der Waals surface area contributed by atoms with Crippen molar-refractivity contribution in [3.63, 3.8) is 0 Å². The first-order valence-electron chi connectivity index (χ1n) is 11.4. The van der Waals surface area contributed by atoms with E-state index in [-0.39, 0.29) is 0 Å². The molecule has 5 heteroatoms. The fourth-order valence-electron chi connectivity index (χ4n) is 4.81. The summed E-state index contributed by atoms with van der Waals surface area (Å²) in [4.78, 5) is 16.4. The second-order valence-electron chi connectivity index (χ2n) is 9.51. The maximum Gasteiger partial charge on any atom is 0.151 e. The van der Waals surface area contributed by atoms with Crippen LogP contribution in [-0.2, 0) is 0 Å². The summed E-state index contributed by atoms with van der Waals surface area (Å²) in [5.74, 6) is 4.21. The molecule has 0 atom stereocenters. The number of carbonyl (C=O) groups is 1. The molecule has 30 heavy (non-hydrogen) atoms. The average Bonchev–Trinajstić information content (AvgIpc) is 2.69. The second kappa shape index (κ2) is 11.1. The van der Waals surface area contributed by atoms with E-state index in [0.29, 0.717) is 28.8 Å². The molecule has 1 aromatic rings. The highest BCUT2D eigenvalue weighted by Gasteiger charge is 2.41. The molecule has 0 aliphatic carbocycles. The standard InChI is InChI=1S/C25H40N2O2Si/c1-20(2)30(21(3)4,22(5)6)17-10-23-18-25(9-8-24(23)19-28)29-16-15-27-13-11-26(7)12-14-27/h8-9,18-22H,11-16H2,1-7H3. The first-order valence-corrected chi connectivity index (χ1v) is 13.6. The molecule has 0 N–H and O–H groups in total. The van der Waals surface area contributed by atoms with Gasteiger partial charge in [0.05, 0.1) is 0 Å². The lowest BCUT2D eigenvalue weighted by atomic mass is 10.1. The van der Waals surface area contributed by atoms with Crippen LogP contribution in [-0.4, -0.2) is 70.5 Å². The highest BCUT2D eigenvalue weighted by Crippen LogP contribution is 2.40. The number of carbonyl (C=O) groups excluding carboxylic acids is 1. The van der Waals surface area contributed by atoms with Crippen molar-refractivity contribution < 1.29 is 9.53 Å². The van der Waals surface area contributed by atoms with Gasteiger partial charge in [-0.25, -0.2) is 0 Å². The van der Waals surface area contributed by atoms with Gasteiger partial charge in [-0.15, -0.1) is 5.54 Å². The van der Waals surface area contributed by atoms with Gasteiger partial charge in [-0.05, 0) is 41.9 Å². The number of aldehydes is 1. The van der Waals surface area contributed by atoms with Crippen molar-refractivity contribution in [2.45, 2.75) is 58.2 Å². The van der Waals surface area contributed by atoms with Crippen LogP contribution in [0, 0.1) is 11.5 Å². The van der Waals surface area contributed by atoms with Crippen LogP contribution in [0.3, 0.4) is 0 Å². The van der Waals surface area contributed by atoms with Crippen LogP contribution in [0.5, 0.6) is 5.75 Å². The molecule has 0 radical (unpaired) electrons. The van der Waals surface area contributed by atoms with Gasteiger partial charge in [0.25, 0.3) is 0 Å². The molecule has 0 aromatic heterocycles. The maximum atomic E-state index is 11.6. The van der Waals surface area contributed by atoms with Gasteiger partial charge < -0.3 is 9.64 Å². The van der Waals surface area contributed by atoms with E-state index in [0.717, 1.165) is 50.3 Å². The number of piperazine rings is 1. The molecule has 0 spiro atoms. The van der Waals surface area contributed by atoms with Crippen molar-refractivity contribution in [3.05, 3.63) is 29.3 Å². The number of ether oxygens (including phenoxy) is 1. The number of rotatable bonds is 8. The van der Waals surface area contributed by atoms with Crippen LogP contribution in [0.2, 0.25) is 16.6 Å². The molecule has 166 valence electrons. The summed E-state index contributed by atoms with van der Waals surface area (Å²) in [6, 6.07) is 5.67. The van der Waals surface area contributed by atoms with Crippen LogP contribution in [0.15, 0.2) is 18.2 Å². The smallest absolute Gasteiger partial charge is 0.151 e. The predicted molar refractivity (Wildman–Crippen MR) is 129 cm³/mol. The fourth-order valence-corrected chi connectivity index (χ4v) is 10.0. The Morgan fingerprint density at radius 3 is 2.17 bits per heavy atom. The predicted octanol–water partition coefficient (Wildman–Crippen LogP) is 4.69. The van der Waals surface area contributed by atoms with Gasteiger partial charge in [0.2, 0.25) is 0 Å². The van der Waals surface area contributed by atoms with Crippen LogP contribution < -0.4 is 4.74 Å². The third-order valence-corrected chi connectivity index (χ3v) is 13.0. The molecule has 1 aliphatic rings. The Morgan fingerprint density at radius 1 is 1.03 bits per heavy atom. The minimum Gasteiger partial charge on any atom is -0.492 e. The fraction of sp³-hybridized carbons (Fsp3) is 0.640. The zero-order chi connectivity index (χ0) is 22.3. The lowest BCUT2D eigenvalue weighted by molar-refractivity contribution is 0.112. The van der Waals surface area contributed by atoms with Gasteiger partial charge >= 0.3 is 0 Å². The Morgan fingerprint density at radius 2 is 1.63 bits per heavy atom. The molecule has 1 saturated heterocycles. The number of likely N-dealkylation sites (N-methyl/N-ethyl adjacent to an activating group) is 1. The van der Waals surface area contributed by atoms with E-state index in [1.54, 1.807) is 0 Å². The molecule has 1 fully saturated rings. The lowest BCUT2D eigenvalue weighted by Crippen LogP contribution is -2.45. The number of nitrogens with zero attached hydrogens (tertiary/aromatic N) is 2. The molecule has 1 aliphatic heterocycles. The van der Waals surface area contributed by atoms with Gasteiger partial charge in [-0.2, -0.15) is 0 Å². The topological polar surface area (TPSA) is 32.8 Å². The third-order valence-electron chi connectivity index (χ3n) is 6.70. The summed E-state index contributed by atoms with van der Waals surface area (Å²) >= 11 is 0. The van der Waals surface area contributed by atoms with Crippen molar-refractivity contribution in [1.82, 2.24) is 9.80 Å². The maximum absolute atomic E-state index is 11.6. The molecule has 0 amide bonds. The lowest BCUT2D eigenvalue weighted by Gasteiger charge is -2.38. The third kappa shape index (κ3) is 5.97. The van der Waals surface area contributed by atoms with E-state index < -0.39 is 8.07 Å². The summed E-state index contributed by atoms with van der Waals surface area (Å²) in [6.07, 6.45) is 0.904. The molecular formula is C25H40N2O2Si. The van der Waals surface area contributed by atoms with Crippen molar-refractivity contribution in [3.8, 4) is 17.2 Å². The van der Waals surface area contributed by atoms with E-state index in [1.165, 1.54) is 0 Å². The van der Waals surface area contributed by atoms with Crippen LogP contribution in [0.25, 0.3) is 0 Å². The Labute approximate surface area is 185 Å². The second-order valence-corrected chi connectivity index (χ2v) is 15.1. The normalized spacial score (nSPS) is 16.1. The SMILES string of the molecule is CC(C)[Si](C#Cc1cc(OCCN2CCN(C)CC2)ccc1C=O)(C(C)C)C(C)C. The molecule has 0 bridgehead atoms. The van der Waals surface area contributed by atoms with Gasteiger partial charge in [0.1, 0.15) is 20.4 Å². The Balaban J connectivity index is 2.16. The van der Waals surface area contributed by atoms with Gasteiger partial charge in [-0.1, -0.05) is 47.5 Å². The Bertz CT molecular complexity index is 734. The zero-order valence-electron chi connectivity index (χ0n) is 20.0. The average molecular weight is 429 g/mol. The van der Waals surface area contributed by atoms with Crippen LogP contribution >= 0.6 is 0 Å². The summed E-state index contributed by atoms with van der Waals surface area (Å²) in [7, 11) is 0.321.